The molecule has 0 fully saturated rings. The van der Waals surface area contributed by atoms with E-state index >= 15 is 0 Å². The fraction of sp³-hybridized carbons (Fsp3) is 0.154. The summed E-state index contributed by atoms with van der Waals surface area (Å²) in [5.74, 6) is 1.29. The maximum atomic E-state index is 13.3. The van der Waals surface area contributed by atoms with Crippen LogP contribution in [0.1, 0.15) is 24.1 Å². The Labute approximate surface area is 211 Å². The van der Waals surface area contributed by atoms with Crippen LogP contribution in [-0.2, 0) is 0 Å². The summed E-state index contributed by atoms with van der Waals surface area (Å²) in [7, 11) is 1.93. The SMILES string of the molecule is CC(c1ccc(-n2cc(F)cn2)nc1)N(C)c1ccc(-c2cc(OCC#N)cn3ncc(C#N)c23)cn1. The molecule has 0 radical (unpaired) electrons. The van der Waals surface area contributed by atoms with Gasteiger partial charge in [0.25, 0.3) is 0 Å². The van der Waals surface area contributed by atoms with E-state index in [4.69, 9.17) is 10.00 Å². The van der Waals surface area contributed by atoms with Crippen LogP contribution in [0.25, 0.3) is 22.5 Å². The summed E-state index contributed by atoms with van der Waals surface area (Å²) < 4.78 is 21.7. The van der Waals surface area contributed by atoms with Gasteiger partial charge in [0.15, 0.2) is 18.2 Å². The monoisotopic (exact) mass is 493 g/mol. The predicted octanol–water partition coefficient (Wildman–Crippen LogP) is 4.09. The van der Waals surface area contributed by atoms with Crippen molar-refractivity contribution >= 4 is 11.3 Å². The number of fused-ring (bicyclic) bond motifs is 1. The van der Waals surface area contributed by atoms with Gasteiger partial charge in [-0.05, 0) is 36.8 Å². The fourth-order valence-electron chi connectivity index (χ4n) is 3.98. The van der Waals surface area contributed by atoms with E-state index in [1.807, 2.05) is 43.1 Å². The first kappa shape index (κ1) is 23.5. The highest BCUT2D eigenvalue weighted by molar-refractivity contribution is 5.85. The molecule has 0 aliphatic carbocycles. The van der Waals surface area contributed by atoms with Gasteiger partial charge < -0.3 is 9.64 Å². The van der Waals surface area contributed by atoms with E-state index in [1.54, 1.807) is 35.2 Å². The van der Waals surface area contributed by atoms with E-state index < -0.39 is 5.82 Å². The van der Waals surface area contributed by atoms with E-state index in [0.717, 1.165) is 23.1 Å². The highest BCUT2D eigenvalue weighted by Gasteiger charge is 2.17. The van der Waals surface area contributed by atoms with Gasteiger partial charge in [0, 0.05) is 30.6 Å². The zero-order chi connectivity index (χ0) is 25.9. The van der Waals surface area contributed by atoms with Crippen molar-refractivity contribution in [3.63, 3.8) is 0 Å². The second kappa shape index (κ2) is 9.76. The number of anilines is 1. The third-order valence-corrected chi connectivity index (χ3v) is 6.05. The van der Waals surface area contributed by atoms with Gasteiger partial charge in [-0.1, -0.05) is 6.07 Å². The summed E-state index contributed by atoms with van der Waals surface area (Å²) in [6, 6.07) is 13.3. The molecule has 37 heavy (non-hydrogen) atoms. The van der Waals surface area contributed by atoms with Crippen LogP contribution in [0.15, 0.2) is 67.5 Å². The van der Waals surface area contributed by atoms with Crippen molar-refractivity contribution in [1.82, 2.24) is 29.4 Å². The number of halogens is 1. The van der Waals surface area contributed by atoms with Crippen LogP contribution in [0.2, 0.25) is 0 Å². The molecule has 5 rings (SSSR count). The van der Waals surface area contributed by atoms with Crippen molar-refractivity contribution in [2.45, 2.75) is 13.0 Å². The van der Waals surface area contributed by atoms with E-state index in [2.05, 4.69) is 26.2 Å². The molecular formula is C26H20FN9O. The van der Waals surface area contributed by atoms with Crippen LogP contribution in [-0.4, -0.2) is 43.0 Å². The van der Waals surface area contributed by atoms with Crippen LogP contribution < -0.4 is 9.64 Å². The minimum atomic E-state index is -0.423. The zero-order valence-electron chi connectivity index (χ0n) is 19.9. The van der Waals surface area contributed by atoms with E-state index in [9.17, 15) is 9.65 Å². The van der Waals surface area contributed by atoms with Crippen LogP contribution in [0.5, 0.6) is 5.75 Å². The first-order chi connectivity index (χ1) is 18.0. The van der Waals surface area contributed by atoms with Gasteiger partial charge in [-0.25, -0.2) is 23.6 Å². The summed E-state index contributed by atoms with van der Waals surface area (Å²) >= 11 is 0. The van der Waals surface area contributed by atoms with Gasteiger partial charge in [-0.15, -0.1) is 0 Å². The maximum Gasteiger partial charge on any atom is 0.174 e. The van der Waals surface area contributed by atoms with Gasteiger partial charge in [0.05, 0.1) is 41.9 Å². The molecule has 0 spiro atoms. The number of ether oxygens (including phenoxy) is 1. The number of hydrogen-bond acceptors (Lipinski definition) is 8. The molecule has 1 atom stereocenters. The molecule has 0 saturated heterocycles. The first-order valence-electron chi connectivity index (χ1n) is 11.3. The second-order valence-electron chi connectivity index (χ2n) is 8.24. The minimum absolute atomic E-state index is 0.0521. The lowest BCUT2D eigenvalue weighted by Crippen LogP contribution is -2.22. The van der Waals surface area contributed by atoms with Crippen LogP contribution in [0.3, 0.4) is 0 Å². The van der Waals surface area contributed by atoms with Crippen LogP contribution in [0.4, 0.5) is 10.2 Å². The Morgan fingerprint density at radius 1 is 1.05 bits per heavy atom. The average Bonchev–Trinajstić information content (AvgIpc) is 3.56. The van der Waals surface area contributed by atoms with Gasteiger partial charge in [-0.3, -0.25) is 0 Å². The number of nitriles is 2. The molecule has 1 unspecified atom stereocenters. The molecule has 10 nitrogen and oxygen atoms in total. The third kappa shape index (κ3) is 4.54. The molecule has 182 valence electrons. The maximum absolute atomic E-state index is 13.3. The minimum Gasteiger partial charge on any atom is -0.477 e. The summed E-state index contributed by atoms with van der Waals surface area (Å²) in [6.07, 6.45) is 8.99. The average molecular weight is 494 g/mol. The quantitative estimate of drug-likeness (QED) is 0.332. The molecular weight excluding hydrogens is 473 g/mol. The molecule has 0 aliphatic rings. The predicted molar refractivity (Wildman–Crippen MR) is 132 cm³/mol. The third-order valence-electron chi connectivity index (χ3n) is 6.05. The zero-order valence-corrected chi connectivity index (χ0v) is 19.9. The lowest BCUT2D eigenvalue weighted by atomic mass is 10.0. The Hall–Kier alpha value is -5.29. The largest absolute Gasteiger partial charge is 0.477 e. The molecule has 5 heterocycles. The molecule has 0 aliphatic heterocycles. The van der Waals surface area contributed by atoms with Crippen molar-refractivity contribution in [2.24, 2.45) is 0 Å². The van der Waals surface area contributed by atoms with Crippen LogP contribution >= 0.6 is 0 Å². The van der Waals surface area contributed by atoms with Crippen molar-refractivity contribution in [1.29, 1.82) is 10.5 Å². The van der Waals surface area contributed by atoms with Gasteiger partial charge in [0.1, 0.15) is 23.7 Å². The molecule has 0 amide bonds. The molecule has 0 N–H and O–H groups in total. The Balaban J connectivity index is 1.41. The smallest absolute Gasteiger partial charge is 0.174 e. The summed E-state index contributed by atoms with van der Waals surface area (Å²) in [5, 5.41) is 26.6. The van der Waals surface area contributed by atoms with Crippen molar-refractivity contribution in [3.8, 4) is 34.8 Å². The standard InChI is InChI=1S/C26H20FN9O/c1-17(18-3-6-25(31-11-18)35-15-21(27)14-33-35)34(2)24-5-4-19(12-30-24)23-9-22(37-8-7-28)16-36-26(23)20(10-29)13-32-36/h3-6,9,11-17H,8H2,1-2H3. The van der Waals surface area contributed by atoms with E-state index in [1.165, 1.54) is 17.1 Å². The molecule has 0 aromatic carbocycles. The van der Waals surface area contributed by atoms with Crippen LogP contribution in [0, 0.1) is 28.5 Å². The van der Waals surface area contributed by atoms with Crippen molar-refractivity contribution in [3.05, 3.63) is 84.5 Å². The number of aromatic nitrogens is 6. The topological polar surface area (TPSA) is 121 Å². The summed E-state index contributed by atoms with van der Waals surface area (Å²) in [4.78, 5) is 11.1. The Kier molecular flexibility index (Phi) is 6.18. The highest BCUT2D eigenvalue weighted by atomic mass is 19.1. The molecule has 5 aromatic rings. The van der Waals surface area contributed by atoms with Crippen molar-refractivity contribution < 1.29 is 9.13 Å². The summed E-state index contributed by atoms with van der Waals surface area (Å²) in [5.41, 5.74) is 3.49. The number of nitrogens with zero attached hydrogens (tertiary/aromatic N) is 9. The molecule has 0 saturated carbocycles. The molecule has 11 heteroatoms. The van der Waals surface area contributed by atoms with Gasteiger partial charge >= 0.3 is 0 Å². The molecule has 5 aromatic heterocycles. The Bertz CT molecular complexity index is 1640. The van der Waals surface area contributed by atoms with Gasteiger partial charge in [-0.2, -0.15) is 20.7 Å². The van der Waals surface area contributed by atoms with Crippen molar-refractivity contribution in [2.75, 3.05) is 18.6 Å². The highest BCUT2D eigenvalue weighted by Crippen LogP contribution is 2.32. The number of hydrogen-bond donors (Lipinski definition) is 0. The normalized spacial score (nSPS) is 11.6. The lowest BCUT2D eigenvalue weighted by molar-refractivity contribution is 0.366. The first-order valence-corrected chi connectivity index (χ1v) is 11.3. The Morgan fingerprint density at radius 3 is 2.57 bits per heavy atom. The van der Waals surface area contributed by atoms with E-state index in [0.29, 0.717) is 28.2 Å². The van der Waals surface area contributed by atoms with Gasteiger partial charge in [0.2, 0.25) is 0 Å². The molecule has 0 bridgehead atoms. The fourth-order valence-corrected chi connectivity index (χ4v) is 3.98. The number of pyridine rings is 3. The number of rotatable bonds is 7. The lowest BCUT2D eigenvalue weighted by Gasteiger charge is -2.26. The Morgan fingerprint density at radius 2 is 1.92 bits per heavy atom. The summed E-state index contributed by atoms with van der Waals surface area (Å²) in [6.45, 7) is 1.93. The second-order valence-corrected chi connectivity index (χ2v) is 8.24. The van der Waals surface area contributed by atoms with E-state index in [-0.39, 0.29) is 12.6 Å².